The lowest BCUT2D eigenvalue weighted by Gasteiger charge is -2.29. The van der Waals surface area contributed by atoms with Crippen molar-refractivity contribution in [2.24, 2.45) is 5.92 Å². The van der Waals surface area contributed by atoms with Gasteiger partial charge in [-0.2, -0.15) is 9.61 Å². The molecule has 0 aromatic carbocycles. The monoisotopic (exact) mass is 584 g/mol. The molecule has 38 heavy (non-hydrogen) atoms. The number of pyridine rings is 1. The van der Waals surface area contributed by atoms with Gasteiger partial charge in [-0.1, -0.05) is 6.07 Å². The minimum Gasteiger partial charge on any atom is -0.479 e. The number of rotatable bonds is 7. The molecule has 5 rings (SSSR count). The summed E-state index contributed by atoms with van der Waals surface area (Å²) >= 11 is 3.58. The molecule has 0 radical (unpaired) electrons. The van der Waals surface area contributed by atoms with E-state index in [0.29, 0.717) is 48.2 Å². The summed E-state index contributed by atoms with van der Waals surface area (Å²) in [7, 11) is 0. The van der Waals surface area contributed by atoms with Crippen molar-refractivity contribution in [1.29, 1.82) is 0 Å². The average molecular weight is 585 g/mol. The Kier molecular flexibility index (Phi) is 6.99. The Morgan fingerprint density at radius 2 is 1.95 bits per heavy atom. The number of carboxylic acids is 1. The Bertz CT molecular complexity index is 1470. The van der Waals surface area contributed by atoms with Gasteiger partial charge in [0.2, 0.25) is 0 Å². The van der Waals surface area contributed by atoms with Crippen molar-refractivity contribution in [2.45, 2.75) is 63.8 Å². The van der Waals surface area contributed by atoms with Crippen molar-refractivity contribution >= 4 is 33.4 Å². The van der Waals surface area contributed by atoms with E-state index in [0.717, 1.165) is 28.1 Å². The number of nitrogens with zero attached hydrogens (tertiary/aromatic N) is 5. The van der Waals surface area contributed by atoms with E-state index in [4.69, 9.17) is 15.8 Å². The molecule has 0 spiro atoms. The number of alkyl halides is 1. The van der Waals surface area contributed by atoms with Gasteiger partial charge in [-0.15, -0.1) is 0 Å². The van der Waals surface area contributed by atoms with Crippen LogP contribution in [-0.4, -0.2) is 52.1 Å². The largest absolute Gasteiger partial charge is 0.479 e. The minimum atomic E-state index is -1.84. The number of aromatic nitrogens is 5. The van der Waals surface area contributed by atoms with Gasteiger partial charge in [0.1, 0.15) is 5.82 Å². The number of fused-ring (bicyclic) bond motifs is 1. The number of anilines is 1. The van der Waals surface area contributed by atoms with Crippen LogP contribution in [0, 0.1) is 5.92 Å². The second-order valence-corrected chi connectivity index (χ2v) is 11.5. The van der Waals surface area contributed by atoms with E-state index in [9.17, 15) is 14.3 Å². The average Bonchev–Trinajstić information content (AvgIpc) is 3.52. The van der Waals surface area contributed by atoms with E-state index in [2.05, 4.69) is 26.0 Å². The van der Waals surface area contributed by atoms with Crippen LogP contribution in [0.2, 0.25) is 0 Å². The summed E-state index contributed by atoms with van der Waals surface area (Å²) in [5.74, 6) is -1.42. The maximum absolute atomic E-state index is 14.0. The molecule has 4 aromatic heterocycles. The van der Waals surface area contributed by atoms with Crippen LogP contribution in [-0.2, 0) is 11.3 Å². The molecule has 200 valence electrons. The van der Waals surface area contributed by atoms with Crippen LogP contribution in [0.15, 0.2) is 47.5 Å². The predicted molar refractivity (Wildman–Crippen MR) is 145 cm³/mol. The molecule has 9 nitrogen and oxygen atoms in total. The normalized spacial score (nSPS) is 19.1. The highest BCUT2D eigenvalue weighted by Gasteiger charge is 2.34. The summed E-state index contributed by atoms with van der Waals surface area (Å²) in [5, 5.41) is 23.5. The highest BCUT2D eigenvalue weighted by molar-refractivity contribution is 9.10. The SMILES string of the molecule is CC(C)(O)Cn1ccc(-c2ccc(-c3cnn4c(N)c(Br)c(C5CCC(C(F)C(=O)O)CC5)nc34)cn2)c1. The third kappa shape index (κ3) is 5.17. The lowest BCUT2D eigenvalue weighted by atomic mass is 9.78. The summed E-state index contributed by atoms with van der Waals surface area (Å²) in [6.07, 6.45) is 7.75. The molecule has 4 N–H and O–H groups in total. The predicted octanol–water partition coefficient (Wildman–Crippen LogP) is 5.07. The Labute approximate surface area is 227 Å². The first-order valence-electron chi connectivity index (χ1n) is 12.6. The number of nitrogen functional groups attached to an aromatic ring is 1. The number of halogens is 2. The van der Waals surface area contributed by atoms with Crippen molar-refractivity contribution in [1.82, 2.24) is 24.1 Å². The summed E-state index contributed by atoms with van der Waals surface area (Å²) in [6.45, 7) is 4.02. The number of nitrogens with two attached hydrogens (primary N) is 1. The quantitative estimate of drug-likeness (QED) is 0.276. The number of carbonyl (C=O) groups is 1. The van der Waals surface area contributed by atoms with Crippen molar-refractivity contribution in [3.63, 3.8) is 0 Å². The molecule has 0 saturated heterocycles. The van der Waals surface area contributed by atoms with Gasteiger partial charge in [0.15, 0.2) is 11.8 Å². The van der Waals surface area contributed by atoms with Gasteiger partial charge in [-0.05, 0) is 67.6 Å². The summed E-state index contributed by atoms with van der Waals surface area (Å²) in [5.41, 5.74) is 10.4. The molecule has 0 aliphatic heterocycles. The van der Waals surface area contributed by atoms with Gasteiger partial charge in [-0.25, -0.2) is 14.2 Å². The lowest BCUT2D eigenvalue weighted by Crippen LogP contribution is -2.28. The molecule has 1 atom stereocenters. The Morgan fingerprint density at radius 1 is 1.21 bits per heavy atom. The van der Waals surface area contributed by atoms with Crippen LogP contribution in [0.3, 0.4) is 0 Å². The van der Waals surface area contributed by atoms with Crippen molar-refractivity contribution < 1.29 is 19.4 Å². The fourth-order valence-electron chi connectivity index (χ4n) is 5.24. The number of aliphatic hydroxyl groups is 1. The van der Waals surface area contributed by atoms with Crippen LogP contribution in [0.4, 0.5) is 10.2 Å². The molecule has 4 heterocycles. The topological polar surface area (TPSA) is 132 Å². The molecule has 1 aliphatic rings. The Hall–Kier alpha value is -3.31. The molecule has 11 heteroatoms. The molecule has 0 amide bonds. The number of hydrogen-bond acceptors (Lipinski definition) is 6. The van der Waals surface area contributed by atoms with Crippen LogP contribution in [0.25, 0.3) is 28.0 Å². The number of carboxylic acid groups (broad SMARTS) is 1. The first kappa shape index (κ1) is 26.3. The van der Waals surface area contributed by atoms with Crippen LogP contribution >= 0.6 is 15.9 Å². The summed E-state index contributed by atoms with van der Waals surface area (Å²) in [6, 6.07) is 5.86. The van der Waals surface area contributed by atoms with Gasteiger partial charge in [0.05, 0.1) is 34.2 Å². The van der Waals surface area contributed by atoms with Crippen molar-refractivity contribution in [3.05, 3.63) is 53.2 Å². The maximum atomic E-state index is 14.0. The first-order chi connectivity index (χ1) is 18.0. The molecule has 4 aromatic rings. The lowest BCUT2D eigenvalue weighted by molar-refractivity contribution is -0.145. The third-order valence-electron chi connectivity index (χ3n) is 7.15. The standard InChI is InChI=1S/C27H30BrFN6O3/c1-27(2,38)14-34-10-9-18(13-34)20-8-7-17(11-31-20)19-12-32-35-24(30)21(28)23(33-25(19)35)16-5-3-15(4-6-16)22(29)26(36)37/h7-13,15-16,22,38H,3-6,14,30H2,1-2H3,(H,36,37). The fraction of sp³-hybridized carbons (Fsp3) is 0.407. The van der Waals surface area contributed by atoms with Crippen molar-refractivity contribution in [2.75, 3.05) is 5.73 Å². The Balaban J connectivity index is 1.41. The van der Waals surface area contributed by atoms with Crippen molar-refractivity contribution in [3.8, 4) is 22.4 Å². The van der Waals surface area contributed by atoms with E-state index < -0.39 is 23.7 Å². The smallest absolute Gasteiger partial charge is 0.338 e. The van der Waals surface area contributed by atoms with Gasteiger partial charge in [0, 0.05) is 47.1 Å². The van der Waals surface area contributed by atoms with E-state index in [-0.39, 0.29) is 5.92 Å². The van der Waals surface area contributed by atoms with Gasteiger partial charge in [0.25, 0.3) is 0 Å². The Morgan fingerprint density at radius 3 is 2.58 bits per heavy atom. The zero-order chi connectivity index (χ0) is 27.2. The second kappa shape index (κ2) is 10.1. The van der Waals surface area contributed by atoms with Gasteiger partial charge in [-0.3, -0.25) is 4.98 Å². The van der Waals surface area contributed by atoms with E-state index in [1.165, 1.54) is 0 Å². The molecule has 1 fully saturated rings. The number of aliphatic carboxylic acids is 1. The molecular formula is C27H30BrFN6O3. The molecule has 0 bridgehead atoms. The van der Waals surface area contributed by atoms with Crippen LogP contribution < -0.4 is 5.73 Å². The fourth-order valence-corrected chi connectivity index (χ4v) is 5.82. The zero-order valence-corrected chi connectivity index (χ0v) is 22.8. The summed E-state index contributed by atoms with van der Waals surface area (Å²) < 4.78 is 18.2. The minimum absolute atomic E-state index is 0.0325. The molecule has 1 aliphatic carbocycles. The van der Waals surface area contributed by atoms with Crippen LogP contribution in [0.5, 0.6) is 0 Å². The van der Waals surface area contributed by atoms with E-state index >= 15 is 0 Å². The molecule has 1 unspecified atom stereocenters. The second-order valence-electron chi connectivity index (χ2n) is 10.7. The van der Waals surface area contributed by atoms with Crippen LogP contribution in [0.1, 0.15) is 51.1 Å². The highest BCUT2D eigenvalue weighted by Crippen LogP contribution is 2.42. The zero-order valence-electron chi connectivity index (χ0n) is 21.2. The number of hydrogen-bond donors (Lipinski definition) is 3. The third-order valence-corrected chi connectivity index (χ3v) is 7.96. The maximum Gasteiger partial charge on any atom is 0.338 e. The molecule has 1 saturated carbocycles. The van der Waals surface area contributed by atoms with E-state index in [1.54, 1.807) is 30.8 Å². The first-order valence-corrected chi connectivity index (χ1v) is 13.4. The summed E-state index contributed by atoms with van der Waals surface area (Å²) in [4.78, 5) is 20.6. The van der Waals surface area contributed by atoms with Gasteiger partial charge < -0.3 is 20.5 Å². The molecular weight excluding hydrogens is 555 g/mol. The van der Waals surface area contributed by atoms with Gasteiger partial charge >= 0.3 is 5.97 Å². The highest BCUT2D eigenvalue weighted by atomic mass is 79.9. The van der Waals surface area contributed by atoms with E-state index in [1.807, 2.05) is 35.2 Å².